The molecule has 0 aliphatic carbocycles. The molecule has 0 radical (unpaired) electrons. The number of rotatable bonds is 18. The van der Waals surface area contributed by atoms with Crippen LogP contribution < -0.4 is 9.80 Å². The lowest BCUT2D eigenvalue weighted by Crippen LogP contribution is -2.34. The van der Waals surface area contributed by atoms with Gasteiger partial charge in [-0.15, -0.1) is 0 Å². The molecule has 0 saturated heterocycles. The third-order valence-electron chi connectivity index (χ3n) is 12.1. The highest BCUT2D eigenvalue weighted by Gasteiger charge is 2.50. The number of halogens is 2. The lowest BCUT2D eigenvalue weighted by molar-refractivity contribution is -0.138. The number of aliphatic carboxylic acids is 2. The Bertz CT molecular complexity index is 2780. The maximum Gasteiger partial charge on any atom is 0.303 e. The van der Waals surface area contributed by atoms with Crippen LogP contribution in [0.4, 0.5) is 11.6 Å². The van der Waals surface area contributed by atoms with Crippen LogP contribution in [0.1, 0.15) is 97.8 Å². The lowest BCUT2D eigenvalue weighted by atomic mass is 10.0. The third-order valence-corrected chi connectivity index (χ3v) is 13.5. The summed E-state index contributed by atoms with van der Waals surface area (Å²) >= 11 is 7.13. The van der Waals surface area contributed by atoms with Gasteiger partial charge in [0.2, 0.25) is 9.14 Å². The van der Waals surface area contributed by atoms with Gasteiger partial charge in [0.1, 0.15) is 5.69 Å². The van der Waals surface area contributed by atoms with Crippen LogP contribution in [0.15, 0.2) is 97.1 Å². The molecule has 2 aliphatic rings. The molecule has 0 saturated carbocycles. The van der Waals surface area contributed by atoms with E-state index < -0.39 is 15.2 Å². The summed E-state index contributed by atoms with van der Waals surface area (Å²) in [6, 6.07) is 32.7. The molecule has 6 aromatic rings. The van der Waals surface area contributed by atoms with E-state index in [1.165, 1.54) is 11.1 Å². The Balaban J connectivity index is 0.000000202. The fourth-order valence-corrected chi connectivity index (χ4v) is 9.19. The van der Waals surface area contributed by atoms with Crippen LogP contribution in [0, 0.1) is 27.7 Å². The van der Waals surface area contributed by atoms with Gasteiger partial charge < -0.3 is 10.2 Å². The van der Waals surface area contributed by atoms with Crippen molar-refractivity contribution in [3.63, 3.8) is 0 Å². The highest BCUT2D eigenvalue weighted by molar-refractivity contribution is 9.25. The van der Waals surface area contributed by atoms with Crippen LogP contribution in [0.5, 0.6) is 0 Å². The maximum atomic E-state index is 13.4. The highest BCUT2D eigenvalue weighted by Crippen LogP contribution is 2.50. The Morgan fingerprint density at radius 2 is 0.853 bits per heavy atom. The zero-order chi connectivity index (χ0) is 48.5. The number of carboxylic acid groups (broad SMARTS) is 2. The lowest BCUT2D eigenvalue weighted by Gasteiger charge is -2.18. The summed E-state index contributed by atoms with van der Waals surface area (Å²) in [7, 11) is 0. The first kappa shape index (κ1) is 49.8. The zero-order valence-corrected chi connectivity index (χ0v) is 42.1. The van der Waals surface area contributed by atoms with Gasteiger partial charge in [-0.05, 0) is 53.4 Å². The van der Waals surface area contributed by atoms with Gasteiger partial charge in [0, 0.05) is 48.2 Å². The summed E-state index contributed by atoms with van der Waals surface area (Å²) in [5, 5.41) is 17.6. The summed E-state index contributed by atoms with van der Waals surface area (Å²) in [5.74, 6) is -0.486. The van der Waals surface area contributed by atoms with E-state index in [2.05, 4.69) is 82.1 Å². The number of unbranched alkanes of at least 4 members (excludes halogenated alkanes) is 6. The number of carbonyl (C=O) groups excluding carboxylic acids is 2. The summed E-state index contributed by atoms with van der Waals surface area (Å²) in [5.41, 5.74) is 12.7. The molecule has 4 heterocycles. The molecule has 2 aromatic heterocycles. The molecule has 8 rings (SSSR count). The molecule has 352 valence electrons. The minimum Gasteiger partial charge on any atom is -0.481 e. The fraction of sp³-hybridized carbons (Fsp3) is 0.333. The number of hydrogen-bond donors (Lipinski definition) is 2. The fourth-order valence-electron chi connectivity index (χ4n) is 8.23. The molecule has 2 amide bonds. The first-order valence-electron chi connectivity index (χ1n) is 23.2. The van der Waals surface area contributed by atoms with Gasteiger partial charge in [0.25, 0.3) is 5.91 Å². The first-order valence-corrected chi connectivity index (χ1v) is 24.7. The number of amides is 2. The molecule has 12 nitrogen and oxygen atoms in total. The van der Waals surface area contributed by atoms with E-state index in [1.807, 2.05) is 74.5 Å². The number of anilines is 2. The Morgan fingerprint density at radius 1 is 0.500 bits per heavy atom. The standard InChI is InChI=1S/C27H27Br2N3O3.C27H29N3O3/c1-17-8-12-19(13-9-17)22-23(20-14-10-18(2)11-15-20)31-25-24(30-22)27(28,29)26(35)32(25)16-6-4-3-5-7-21(33)34;1-18-8-12-20(13-9-18)25-26(21-14-10-19(2)11-15-21)29-27-22(28-25)17-23(31)30(27)16-6-4-3-5-7-24(32)33/h8-15H,3-7,16H2,1-2H3,(H,33,34);8-15H,3-7,16-17H2,1-2H3,(H,32,33). The molecule has 0 bridgehead atoms. The van der Waals surface area contributed by atoms with Gasteiger partial charge >= 0.3 is 11.9 Å². The van der Waals surface area contributed by atoms with E-state index in [-0.39, 0.29) is 31.1 Å². The SMILES string of the molecule is Cc1ccc(-c2nc3c(nc2-c2ccc(C)cc2)C(Br)(Br)C(=O)N3CCCCCCC(=O)O)cc1.Cc1ccc(-c2nc3c(nc2-c2ccc(C)cc2)N(CCCCCCC(=O)O)C(=O)C3)cc1. The van der Waals surface area contributed by atoms with Crippen molar-refractivity contribution in [2.45, 2.75) is 102 Å². The van der Waals surface area contributed by atoms with E-state index >= 15 is 0 Å². The van der Waals surface area contributed by atoms with Crippen LogP contribution in [0.2, 0.25) is 0 Å². The zero-order valence-electron chi connectivity index (χ0n) is 38.9. The van der Waals surface area contributed by atoms with Gasteiger partial charge in [-0.2, -0.15) is 0 Å². The molecule has 14 heteroatoms. The molecule has 0 fully saturated rings. The van der Waals surface area contributed by atoms with Crippen LogP contribution in [0.3, 0.4) is 0 Å². The largest absolute Gasteiger partial charge is 0.481 e. The molecule has 68 heavy (non-hydrogen) atoms. The van der Waals surface area contributed by atoms with Crippen molar-refractivity contribution in [2.75, 3.05) is 22.9 Å². The Hall–Kier alpha value is -6.12. The minimum atomic E-state index is -1.14. The number of carbonyl (C=O) groups is 4. The van der Waals surface area contributed by atoms with Crippen molar-refractivity contribution in [1.82, 2.24) is 19.9 Å². The summed E-state index contributed by atoms with van der Waals surface area (Å²) in [6.45, 7) is 9.25. The number of benzene rings is 4. The van der Waals surface area contributed by atoms with Crippen LogP contribution in [-0.4, -0.2) is 67.0 Å². The summed E-state index contributed by atoms with van der Waals surface area (Å²) < 4.78 is -1.14. The molecular weight excluding hydrogens is 988 g/mol. The van der Waals surface area contributed by atoms with E-state index in [4.69, 9.17) is 30.1 Å². The number of nitrogens with zero attached hydrogens (tertiary/aromatic N) is 6. The molecule has 0 atom stereocenters. The van der Waals surface area contributed by atoms with Gasteiger partial charge in [-0.1, -0.05) is 177 Å². The third kappa shape index (κ3) is 11.9. The molecule has 0 unspecified atom stereocenters. The quantitative estimate of drug-likeness (QED) is 0.0625. The normalized spacial score (nSPS) is 13.6. The van der Waals surface area contributed by atoms with Crippen molar-refractivity contribution in [1.29, 1.82) is 0 Å². The highest BCUT2D eigenvalue weighted by atomic mass is 79.9. The van der Waals surface area contributed by atoms with Gasteiger partial charge in [-0.25, -0.2) is 19.9 Å². The molecule has 2 aliphatic heterocycles. The number of fused-ring (bicyclic) bond motifs is 2. The van der Waals surface area contributed by atoms with E-state index in [9.17, 15) is 19.2 Å². The Morgan fingerprint density at radius 3 is 1.26 bits per heavy atom. The second-order valence-electron chi connectivity index (χ2n) is 17.6. The average Bonchev–Trinajstić information content (AvgIpc) is 3.72. The predicted octanol–water partition coefficient (Wildman–Crippen LogP) is 12.1. The van der Waals surface area contributed by atoms with Crippen LogP contribution in [0.25, 0.3) is 45.0 Å². The van der Waals surface area contributed by atoms with Crippen molar-refractivity contribution >= 4 is 67.2 Å². The van der Waals surface area contributed by atoms with Gasteiger partial charge in [-0.3, -0.25) is 29.0 Å². The summed E-state index contributed by atoms with van der Waals surface area (Å²) in [6.07, 6.45) is 6.85. The molecule has 4 aromatic carbocycles. The monoisotopic (exact) mass is 1040 g/mol. The molecular formula is C54H56Br2N6O6. The number of carboxylic acids is 2. The number of hydrogen-bond acceptors (Lipinski definition) is 8. The number of aromatic nitrogens is 4. The molecule has 0 spiro atoms. The minimum absolute atomic E-state index is 0.0199. The number of alkyl halides is 2. The van der Waals surface area contributed by atoms with Crippen molar-refractivity contribution < 1.29 is 29.4 Å². The van der Waals surface area contributed by atoms with E-state index in [0.717, 1.165) is 100 Å². The van der Waals surface area contributed by atoms with E-state index in [0.29, 0.717) is 43.3 Å². The Labute approximate surface area is 414 Å². The second kappa shape index (κ2) is 22.3. The maximum absolute atomic E-state index is 13.4. The van der Waals surface area contributed by atoms with E-state index in [1.54, 1.807) is 9.80 Å². The average molecular weight is 1040 g/mol. The smallest absolute Gasteiger partial charge is 0.303 e. The predicted molar refractivity (Wildman–Crippen MR) is 274 cm³/mol. The van der Waals surface area contributed by atoms with Crippen molar-refractivity contribution in [2.24, 2.45) is 0 Å². The summed E-state index contributed by atoms with van der Waals surface area (Å²) in [4.78, 5) is 70.9. The van der Waals surface area contributed by atoms with Crippen molar-refractivity contribution in [3.05, 3.63) is 131 Å². The Kier molecular flexibility index (Phi) is 16.3. The van der Waals surface area contributed by atoms with Gasteiger partial charge in [0.15, 0.2) is 11.6 Å². The van der Waals surface area contributed by atoms with Crippen LogP contribution >= 0.6 is 31.9 Å². The van der Waals surface area contributed by atoms with Crippen LogP contribution in [-0.2, 0) is 28.8 Å². The topological polar surface area (TPSA) is 167 Å². The second-order valence-corrected chi connectivity index (χ2v) is 21.1. The molecule has 2 N–H and O–H groups in total. The number of aryl methyl sites for hydroxylation is 4. The van der Waals surface area contributed by atoms with Gasteiger partial charge in [0.05, 0.1) is 34.9 Å². The van der Waals surface area contributed by atoms with Crippen molar-refractivity contribution in [3.8, 4) is 45.0 Å². The first-order chi connectivity index (χ1) is 32.6.